The van der Waals surface area contributed by atoms with Crippen molar-refractivity contribution in [3.05, 3.63) is 5.69 Å². The molecule has 2 amide bonds. The van der Waals surface area contributed by atoms with E-state index in [1.165, 1.54) is 4.90 Å². The molecular weight excluding hydrogens is 246 g/mol. The molecule has 0 aliphatic heterocycles. The van der Waals surface area contributed by atoms with Crippen molar-refractivity contribution in [2.75, 3.05) is 26.4 Å². The van der Waals surface area contributed by atoms with Crippen molar-refractivity contribution in [3.8, 4) is 0 Å². The van der Waals surface area contributed by atoms with Crippen molar-refractivity contribution in [2.24, 2.45) is 7.05 Å². The number of nitrogens with zero attached hydrogens (tertiary/aromatic N) is 5. The van der Waals surface area contributed by atoms with Crippen LogP contribution in [0.4, 0.5) is 10.7 Å². The van der Waals surface area contributed by atoms with Gasteiger partial charge < -0.3 is 16.0 Å². The van der Waals surface area contributed by atoms with Gasteiger partial charge in [0.2, 0.25) is 5.95 Å². The first-order valence-electron chi connectivity index (χ1n) is 6.02. The van der Waals surface area contributed by atoms with Crippen molar-refractivity contribution in [3.63, 3.8) is 0 Å². The summed E-state index contributed by atoms with van der Waals surface area (Å²) in [6.45, 7) is 2.94. The number of imidazole rings is 1. The Morgan fingerprint density at radius 2 is 2.16 bits per heavy atom. The Morgan fingerprint density at radius 1 is 1.47 bits per heavy atom. The van der Waals surface area contributed by atoms with Crippen molar-refractivity contribution in [1.29, 1.82) is 0 Å². The predicted molar refractivity (Wildman–Crippen MR) is 72.7 cm³/mol. The fourth-order valence-corrected chi connectivity index (χ4v) is 2.00. The smallest absolute Gasteiger partial charge is 0.316 e. The summed E-state index contributed by atoms with van der Waals surface area (Å²) in [6.07, 6.45) is 0. The van der Waals surface area contributed by atoms with E-state index in [-0.39, 0.29) is 6.03 Å². The molecule has 8 nitrogen and oxygen atoms in total. The van der Waals surface area contributed by atoms with E-state index >= 15 is 0 Å². The number of nitrogen functional groups attached to an aromatic ring is 1. The van der Waals surface area contributed by atoms with Gasteiger partial charge in [0.25, 0.3) is 0 Å². The molecule has 0 fully saturated rings. The molecule has 0 spiro atoms. The summed E-state index contributed by atoms with van der Waals surface area (Å²) >= 11 is 0. The average Bonchev–Trinajstić information content (AvgIpc) is 2.79. The fourth-order valence-electron chi connectivity index (χ4n) is 2.00. The summed E-state index contributed by atoms with van der Waals surface area (Å²) in [6, 6.07) is -0.129. The van der Waals surface area contributed by atoms with Crippen LogP contribution in [-0.2, 0) is 13.6 Å². The highest BCUT2D eigenvalue weighted by Crippen LogP contribution is 2.19. The molecule has 0 aromatic carbocycles. The molecule has 0 aliphatic carbocycles. The molecule has 0 atom stereocenters. The minimum Gasteiger partial charge on any atom is -0.369 e. The van der Waals surface area contributed by atoms with Crippen LogP contribution in [-0.4, -0.2) is 50.9 Å². The molecule has 104 valence electrons. The first kappa shape index (κ1) is 13.2. The molecule has 2 aromatic rings. The summed E-state index contributed by atoms with van der Waals surface area (Å²) in [7, 11) is 5.25. The summed E-state index contributed by atoms with van der Waals surface area (Å²) in [5.41, 5.74) is 8.42. The van der Waals surface area contributed by atoms with Crippen molar-refractivity contribution in [2.45, 2.75) is 13.5 Å². The number of carbonyl (C=O) groups is 1. The van der Waals surface area contributed by atoms with Crippen LogP contribution in [0.3, 0.4) is 0 Å². The molecule has 0 bridgehead atoms. The Morgan fingerprint density at radius 3 is 2.79 bits per heavy atom. The quantitative estimate of drug-likeness (QED) is 0.812. The lowest BCUT2D eigenvalue weighted by atomic mass is 10.4. The highest BCUT2D eigenvalue weighted by atomic mass is 16.2. The Kier molecular flexibility index (Phi) is 3.32. The largest absolute Gasteiger partial charge is 0.369 e. The van der Waals surface area contributed by atoms with Crippen LogP contribution in [0, 0.1) is 6.92 Å². The fraction of sp³-hybridized carbons (Fsp3) is 0.545. The number of hydrogen-bond acceptors (Lipinski definition) is 4. The van der Waals surface area contributed by atoms with Gasteiger partial charge in [0, 0.05) is 34.2 Å². The van der Waals surface area contributed by atoms with Gasteiger partial charge in [0.15, 0.2) is 5.65 Å². The highest BCUT2D eigenvalue weighted by molar-refractivity contribution is 5.77. The topological polar surface area (TPSA) is 94.0 Å². The molecule has 19 heavy (non-hydrogen) atoms. The van der Waals surface area contributed by atoms with Gasteiger partial charge >= 0.3 is 6.03 Å². The number of amides is 2. The molecule has 0 aliphatic rings. The molecule has 8 heteroatoms. The van der Waals surface area contributed by atoms with Crippen LogP contribution in [0.5, 0.6) is 0 Å². The minimum absolute atomic E-state index is 0.129. The molecule has 3 N–H and O–H groups in total. The van der Waals surface area contributed by atoms with E-state index in [1.807, 2.05) is 18.5 Å². The molecule has 0 saturated heterocycles. The van der Waals surface area contributed by atoms with Crippen LogP contribution in [0.1, 0.15) is 5.69 Å². The van der Waals surface area contributed by atoms with Gasteiger partial charge in [0.05, 0.1) is 5.69 Å². The average molecular weight is 265 g/mol. The lowest BCUT2D eigenvalue weighted by Gasteiger charge is -2.12. The lowest BCUT2D eigenvalue weighted by molar-refractivity contribution is 0.217. The monoisotopic (exact) mass is 265 g/mol. The second kappa shape index (κ2) is 4.79. The zero-order valence-corrected chi connectivity index (χ0v) is 11.6. The van der Waals surface area contributed by atoms with Crippen molar-refractivity contribution in [1.82, 2.24) is 29.5 Å². The summed E-state index contributed by atoms with van der Waals surface area (Å²) < 4.78 is 3.60. The Bertz CT molecular complexity index is 610. The number of anilines is 1. The van der Waals surface area contributed by atoms with Crippen molar-refractivity contribution < 1.29 is 4.79 Å². The number of nitrogens with two attached hydrogens (primary N) is 1. The van der Waals surface area contributed by atoms with Gasteiger partial charge in [-0.25, -0.2) is 9.78 Å². The van der Waals surface area contributed by atoms with Crippen molar-refractivity contribution >= 4 is 23.1 Å². The zero-order chi connectivity index (χ0) is 14.2. The number of fused-ring (bicyclic) bond motifs is 1. The molecule has 2 aromatic heterocycles. The number of aryl methyl sites for hydroxylation is 2. The zero-order valence-electron chi connectivity index (χ0n) is 11.6. The molecule has 0 unspecified atom stereocenters. The van der Waals surface area contributed by atoms with Crippen LogP contribution in [0.25, 0.3) is 11.2 Å². The van der Waals surface area contributed by atoms with E-state index < -0.39 is 0 Å². The number of urea groups is 1. The molecule has 2 heterocycles. The summed E-state index contributed by atoms with van der Waals surface area (Å²) in [5, 5.41) is 7.10. The van der Waals surface area contributed by atoms with E-state index in [9.17, 15) is 4.79 Å². The van der Waals surface area contributed by atoms with Crippen LogP contribution in [0.15, 0.2) is 0 Å². The van der Waals surface area contributed by atoms with Gasteiger partial charge in [-0.2, -0.15) is 5.10 Å². The number of hydrogen-bond donors (Lipinski definition) is 2. The van der Waals surface area contributed by atoms with E-state index in [4.69, 9.17) is 5.73 Å². The first-order valence-corrected chi connectivity index (χ1v) is 6.02. The Balaban J connectivity index is 2.17. The standard InChI is InChI=1S/C11H19N7O/c1-7-8-9(17(4)15-7)18(10(12)14-8)6-5-13-11(19)16(2)3/h5-6H2,1-4H3,(H2,12,14)(H,13,19). The van der Waals surface area contributed by atoms with Gasteiger partial charge in [-0.05, 0) is 6.92 Å². The molecule has 2 rings (SSSR count). The van der Waals surface area contributed by atoms with E-state index in [1.54, 1.807) is 18.8 Å². The maximum atomic E-state index is 11.4. The number of aromatic nitrogens is 4. The van der Waals surface area contributed by atoms with Crippen LogP contribution in [0.2, 0.25) is 0 Å². The Labute approximate surface area is 111 Å². The number of nitrogens with one attached hydrogen (secondary N) is 1. The Hall–Kier alpha value is -2.25. The summed E-state index contributed by atoms with van der Waals surface area (Å²) in [5.74, 6) is 0.435. The first-order chi connectivity index (χ1) is 8.91. The van der Waals surface area contributed by atoms with Gasteiger partial charge in [-0.3, -0.25) is 9.25 Å². The van der Waals surface area contributed by atoms with E-state index in [0.717, 1.165) is 16.9 Å². The van der Waals surface area contributed by atoms with Gasteiger partial charge in [0.1, 0.15) is 5.52 Å². The normalized spacial score (nSPS) is 10.9. The third-order valence-corrected chi connectivity index (χ3v) is 2.94. The third-order valence-electron chi connectivity index (χ3n) is 2.94. The number of carbonyl (C=O) groups excluding carboxylic acids is 1. The van der Waals surface area contributed by atoms with E-state index in [2.05, 4.69) is 15.4 Å². The van der Waals surface area contributed by atoms with E-state index in [0.29, 0.717) is 19.0 Å². The molecule has 0 saturated carbocycles. The van der Waals surface area contributed by atoms with Crippen LogP contribution >= 0.6 is 0 Å². The second-order valence-electron chi connectivity index (χ2n) is 4.63. The third kappa shape index (κ3) is 2.33. The van der Waals surface area contributed by atoms with Gasteiger partial charge in [-0.1, -0.05) is 0 Å². The predicted octanol–water partition coefficient (Wildman–Crippen LogP) is -0.0684. The lowest BCUT2D eigenvalue weighted by Crippen LogP contribution is -2.36. The molecule has 0 radical (unpaired) electrons. The van der Waals surface area contributed by atoms with Crippen LogP contribution < -0.4 is 11.1 Å². The second-order valence-corrected chi connectivity index (χ2v) is 4.63. The number of rotatable bonds is 3. The SMILES string of the molecule is Cc1nn(C)c2c1nc(N)n2CCNC(=O)N(C)C. The highest BCUT2D eigenvalue weighted by Gasteiger charge is 2.15. The maximum Gasteiger partial charge on any atom is 0.316 e. The maximum absolute atomic E-state index is 11.4. The minimum atomic E-state index is -0.129. The van der Waals surface area contributed by atoms with Gasteiger partial charge in [-0.15, -0.1) is 0 Å². The molecular formula is C11H19N7O. The summed E-state index contributed by atoms with van der Waals surface area (Å²) in [4.78, 5) is 17.2.